The Hall–Kier alpha value is -0.870. The van der Waals surface area contributed by atoms with Crippen LogP contribution in [-0.4, -0.2) is 40.9 Å². The second-order valence-electron chi connectivity index (χ2n) is 5.09. The van der Waals surface area contributed by atoms with Crippen LogP contribution in [0.2, 0.25) is 0 Å². The summed E-state index contributed by atoms with van der Waals surface area (Å²) in [5.74, 6) is 0. The van der Waals surface area contributed by atoms with Gasteiger partial charge in [-0.2, -0.15) is 5.10 Å². The lowest BCUT2D eigenvalue weighted by atomic mass is 10.1. The molecule has 96 valence electrons. The SMILES string of the molecule is Cc1cnn(C2CCCN(CCCCN)C2)c1. The number of hydrogen-bond acceptors (Lipinski definition) is 3. The molecule has 4 heteroatoms. The first-order valence-electron chi connectivity index (χ1n) is 6.73. The zero-order valence-electron chi connectivity index (χ0n) is 10.8. The van der Waals surface area contributed by atoms with Gasteiger partial charge >= 0.3 is 0 Å². The van der Waals surface area contributed by atoms with Crippen LogP contribution >= 0.6 is 0 Å². The van der Waals surface area contributed by atoms with Crippen molar-refractivity contribution >= 4 is 0 Å². The first-order valence-corrected chi connectivity index (χ1v) is 6.73. The number of aromatic nitrogens is 2. The number of piperidine rings is 1. The minimum atomic E-state index is 0.565. The fourth-order valence-electron chi connectivity index (χ4n) is 2.56. The van der Waals surface area contributed by atoms with Crippen molar-refractivity contribution in [3.63, 3.8) is 0 Å². The molecule has 1 atom stereocenters. The lowest BCUT2D eigenvalue weighted by Crippen LogP contribution is -2.37. The zero-order valence-corrected chi connectivity index (χ0v) is 10.8. The molecule has 0 spiro atoms. The summed E-state index contributed by atoms with van der Waals surface area (Å²) in [6.07, 6.45) is 9.02. The van der Waals surface area contributed by atoms with E-state index in [4.69, 9.17) is 5.73 Å². The molecule has 1 aliphatic rings. The van der Waals surface area contributed by atoms with Crippen LogP contribution in [0.15, 0.2) is 12.4 Å². The molecular formula is C13H24N4. The minimum Gasteiger partial charge on any atom is -0.330 e. The Morgan fingerprint density at radius 3 is 3.06 bits per heavy atom. The zero-order chi connectivity index (χ0) is 12.1. The van der Waals surface area contributed by atoms with E-state index < -0.39 is 0 Å². The van der Waals surface area contributed by atoms with E-state index in [1.54, 1.807) is 0 Å². The van der Waals surface area contributed by atoms with E-state index in [2.05, 4.69) is 27.8 Å². The Morgan fingerprint density at radius 2 is 2.35 bits per heavy atom. The van der Waals surface area contributed by atoms with E-state index >= 15 is 0 Å². The Kier molecular flexibility index (Phi) is 4.57. The van der Waals surface area contributed by atoms with Crippen LogP contribution in [0.3, 0.4) is 0 Å². The molecule has 0 bridgehead atoms. The van der Waals surface area contributed by atoms with Crippen molar-refractivity contribution in [2.45, 2.75) is 38.6 Å². The van der Waals surface area contributed by atoms with Crippen molar-refractivity contribution < 1.29 is 0 Å². The van der Waals surface area contributed by atoms with E-state index in [0.717, 1.165) is 19.5 Å². The molecule has 1 saturated heterocycles. The molecule has 0 amide bonds. The summed E-state index contributed by atoms with van der Waals surface area (Å²) in [4.78, 5) is 2.56. The number of unbranched alkanes of at least 4 members (excludes halogenated alkanes) is 1. The number of nitrogens with zero attached hydrogens (tertiary/aromatic N) is 3. The average Bonchev–Trinajstić information content (AvgIpc) is 2.77. The molecule has 2 heterocycles. The van der Waals surface area contributed by atoms with Gasteiger partial charge in [-0.05, 0) is 57.8 Å². The van der Waals surface area contributed by atoms with E-state index in [-0.39, 0.29) is 0 Å². The molecule has 1 unspecified atom stereocenters. The third-order valence-corrected chi connectivity index (χ3v) is 3.51. The van der Waals surface area contributed by atoms with Crippen molar-refractivity contribution in [1.82, 2.24) is 14.7 Å². The highest BCUT2D eigenvalue weighted by molar-refractivity contribution is 5.01. The summed E-state index contributed by atoms with van der Waals surface area (Å²) in [5.41, 5.74) is 6.79. The monoisotopic (exact) mass is 236 g/mol. The number of aryl methyl sites for hydroxylation is 1. The molecule has 2 rings (SSSR count). The highest BCUT2D eigenvalue weighted by Gasteiger charge is 2.21. The first kappa shape index (κ1) is 12.6. The second kappa shape index (κ2) is 6.17. The number of rotatable bonds is 5. The fourth-order valence-corrected chi connectivity index (χ4v) is 2.56. The number of nitrogens with two attached hydrogens (primary N) is 1. The number of likely N-dealkylation sites (tertiary alicyclic amines) is 1. The largest absolute Gasteiger partial charge is 0.330 e. The lowest BCUT2D eigenvalue weighted by Gasteiger charge is -2.32. The van der Waals surface area contributed by atoms with Gasteiger partial charge in [0.15, 0.2) is 0 Å². The predicted octanol–water partition coefficient (Wildman–Crippen LogP) is 1.57. The summed E-state index contributed by atoms with van der Waals surface area (Å²) >= 11 is 0. The van der Waals surface area contributed by atoms with Gasteiger partial charge in [-0.25, -0.2) is 0 Å². The second-order valence-corrected chi connectivity index (χ2v) is 5.09. The molecule has 4 nitrogen and oxygen atoms in total. The third kappa shape index (κ3) is 3.54. The Labute approximate surface area is 104 Å². The highest BCUT2D eigenvalue weighted by atomic mass is 15.3. The smallest absolute Gasteiger partial charge is 0.0646 e. The Balaban J connectivity index is 1.84. The normalized spacial score (nSPS) is 21.9. The molecule has 0 aliphatic carbocycles. The van der Waals surface area contributed by atoms with Crippen molar-refractivity contribution in [2.75, 3.05) is 26.2 Å². The molecule has 1 aromatic heterocycles. The Bertz CT molecular complexity index is 334. The van der Waals surface area contributed by atoms with Gasteiger partial charge < -0.3 is 10.6 Å². The fraction of sp³-hybridized carbons (Fsp3) is 0.769. The van der Waals surface area contributed by atoms with Crippen LogP contribution in [0.25, 0.3) is 0 Å². The summed E-state index contributed by atoms with van der Waals surface area (Å²) in [6, 6.07) is 0.565. The summed E-state index contributed by atoms with van der Waals surface area (Å²) in [5, 5.41) is 4.44. The summed E-state index contributed by atoms with van der Waals surface area (Å²) in [7, 11) is 0. The van der Waals surface area contributed by atoms with Crippen molar-refractivity contribution in [3.8, 4) is 0 Å². The van der Waals surface area contributed by atoms with Crippen LogP contribution in [-0.2, 0) is 0 Å². The summed E-state index contributed by atoms with van der Waals surface area (Å²) < 4.78 is 2.14. The van der Waals surface area contributed by atoms with E-state index in [9.17, 15) is 0 Å². The van der Waals surface area contributed by atoms with Crippen molar-refractivity contribution in [3.05, 3.63) is 18.0 Å². The van der Waals surface area contributed by atoms with E-state index in [1.165, 1.54) is 37.9 Å². The van der Waals surface area contributed by atoms with Gasteiger partial charge in [0, 0.05) is 12.7 Å². The predicted molar refractivity (Wildman–Crippen MR) is 70.0 cm³/mol. The molecule has 2 N–H and O–H groups in total. The Morgan fingerprint density at radius 1 is 1.47 bits per heavy atom. The maximum Gasteiger partial charge on any atom is 0.0646 e. The maximum absolute atomic E-state index is 5.53. The molecule has 0 saturated carbocycles. The average molecular weight is 236 g/mol. The maximum atomic E-state index is 5.53. The van der Waals surface area contributed by atoms with Gasteiger partial charge in [0.25, 0.3) is 0 Å². The number of hydrogen-bond donors (Lipinski definition) is 1. The molecule has 1 aliphatic heterocycles. The highest BCUT2D eigenvalue weighted by Crippen LogP contribution is 2.21. The van der Waals surface area contributed by atoms with Gasteiger partial charge in [0.05, 0.1) is 12.2 Å². The molecule has 0 aromatic carbocycles. The van der Waals surface area contributed by atoms with Crippen LogP contribution in [0.5, 0.6) is 0 Å². The van der Waals surface area contributed by atoms with Crippen molar-refractivity contribution in [2.24, 2.45) is 5.73 Å². The van der Waals surface area contributed by atoms with E-state index in [0.29, 0.717) is 6.04 Å². The van der Waals surface area contributed by atoms with Gasteiger partial charge in [-0.1, -0.05) is 0 Å². The van der Waals surface area contributed by atoms with Crippen molar-refractivity contribution in [1.29, 1.82) is 0 Å². The van der Waals surface area contributed by atoms with Gasteiger partial charge in [0.1, 0.15) is 0 Å². The minimum absolute atomic E-state index is 0.565. The molecule has 1 fully saturated rings. The molecule has 17 heavy (non-hydrogen) atoms. The van der Waals surface area contributed by atoms with Crippen LogP contribution in [0.1, 0.15) is 37.3 Å². The van der Waals surface area contributed by atoms with E-state index in [1.807, 2.05) is 6.20 Å². The van der Waals surface area contributed by atoms with Gasteiger partial charge in [-0.3, -0.25) is 4.68 Å². The van der Waals surface area contributed by atoms with Crippen LogP contribution < -0.4 is 5.73 Å². The van der Waals surface area contributed by atoms with Gasteiger partial charge in [0.2, 0.25) is 0 Å². The lowest BCUT2D eigenvalue weighted by molar-refractivity contribution is 0.168. The molecule has 0 radical (unpaired) electrons. The third-order valence-electron chi connectivity index (χ3n) is 3.51. The van der Waals surface area contributed by atoms with Crippen LogP contribution in [0.4, 0.5) is 0 Å². The standard InChI is InChI=1S/C13H24N4/c1-12-9-15-17(10-12)13-5-4-8-16(11-13)7-3-2-6-14/h9-10,13H,2-8,11,14H2,1H3. The topological polar surface area (TPSA) is 47.1 Å². The van der Waals surface area contributed by atoms with Crippen LogP contribution in [0, 0.1) is 6.92 Å². The molecular weight excluding hydrogens is 212 g/mol. The first-order chi connectivity index (χ1) is 8.29. The summed E-state index contributed by atoms with van der Waals surface area (Å²) in [6.45, 7) is 6.49. The molecule has 1 aromatic rings. The van der Waals surface area contributed by atoms with Gasteiger partial charge in [-0.15, -0.1) is 0 Å². The quantitative estimate of drug-likeness (QED) is 0.789.